The molecule has 0 aliphatic carbocycles. The summed E-state index contributed by atoms with van der Waals surface area (Å²) < 4.78 is 18.8. The molecule has 0 saturated carbocycles. The third-order valence-electron chi connectivity index (χ3n) is 6.42. The second-order valence-electron chi connectivity index (χ2n) is 9.48. The lowest BCUT2D eigenvalue weighted by molar-refractivity contribution is 0.0945. The van der Waals surface area contributed by atoms with Crippen LogP contribution >= 0.6 is 11.6 Å². The maximum Gasteiger partial charge on any atom is 0.252 e. The van der Waals surface area contributed by atoms with Crippen molar-refractivity contribution in [3.8, 4) is 17.4 Å². The molecule has 0 bridgehead atoms. The summed E-state index contributed by atoms with van der Waals surface area (Å²) in [5.74, 6) is 0.708. The number of furan rings is 1. The van der Waals surface area contributed by atoms with Crippen molar-refractivity contribution in [3.63, 3.8) is 0 Å². The summed E-state index contributed by atoms with van der Waals surface area (Å²) in [6.07, 6.45) is 0. The van der Waals surface area contributed by atoms with Gasteiger partial charge in [-0.2, -0.15) is 5.26 Å². The van der Waals surface area contributed by atoms with Crippen LogP contribution in [0.2, 0.25) is 5.02 Å². The number of carbonyl (C=O) groups is 1. The molecule has 1 unspecified atom stereocenters. The number of aliphatic hydroxyl groups is 1. The average Bonchev–Trinajstić information content (AvgIpc) is 3.42. The molecule has 1 aromatic heterocycles. The third kappa shape index (κ3) is 8.27. The van der Waals surface area contributed by atoms with E-state index < -0.39 is 5.82 Å². The number of nitrogens with zero attached hydrogens (tertiary/aromatic N) is 1. The number of nitrogens with one attached hydrogen (secondary N) is 2. The highest BCUT2D eigenvalue weighted by atomic mass is 35.5. The first-order valence-corrected chi connectivity index (χ1v) is 13.2. The van der Waals surface area contributed by atoms with E-state index in [1.807, 2.05) is 32.0 Å². The van der Waals surface area contributed by atoms with Crippen LogP contribution in [0, 0.1) is 37.9 Å². The number of hydrogen-bond acceptors (Lipinski definition) is 5. The van der Waals surface area contributed by atoms with E-state index in [1.54, 1.807) is 24.3 Å². The number of aliphatic hydroxyl groups excluding tert-OH is 1. The maximum atomic E-state index is 12.8. The highest BCUT2D eigenvalue weighted by Crippen LogP contribution is 2.27. The zero-order valence-corrected chi connectivity index (χ0v) is 23.8. The van der Waals surface area contributed by atoms with E-state index >= 15 is 0 Å². The monoisotopic (exact) mass is 561 g/mol. The average molecular weight is 562 g/mol. The number of hydrogen-bond donors (Lipinski definition) is 3. The molecular weight excluding hydrogens is 529 g/mol. The molecule has 208 valence electrons. The summed E-state index contributed by atoms with van der Waals surface area (Å²) in [6, 6.07) is 22.4. The van der Waals surface area contributed by atoms with Crippen LogP contribution in [0.15, 0.2) is 71.1 Å². The van der Waals surface area contributed by atoms with Crippen LogP contribution in [0.1, 0.15) is 56.9 Å². The van der Waals surface area contributed by atoms with Crippen molar-refractivity contribution in [2.75, 3.05) is 13.2 Å². The Kier molecular flexibility index (Phi) is 11.0. The second kappa shape index (κ2) is 14.4. The third-order valence-corrected chi connectivity index (χ3v) is 6.75. The van der Waals surface area contributed by atoms with Gasteiger partial charge in [-0.3, -0.25) is 4.79 Å². The molecule has 1 atom stereocenters. The predicted molar refractivity (Wildman–Crippen MR) is 156 cm³/mol. The van der Waals surface area contributed by atoms with Crippen molar-refractivity contribution < 1.29 is 18.7 Å². The number of halogens is 2. The molecule has 0 radical (unpaired) electrons. The highest BCUT2D eigenvalue weighted by molar-refractivity contribution is 6.34. The van der Waals surface area contributed by atoms with E-state index in [0.717, 1.165) is 22.5 Å². The molecule has 4 aromatic rings. The smallest absolute Gasteiger partial charge is 0.252 e. The summed E-state index contributed by atoms with van der Waals surface area (Å²) in [6.45, 7) is 8.51. The fraction of sp³-hybridized carbons (Fsp3) is 0.250. The summed E-state index contributed by atoms with van der Waals surface area (Å²) in [5, 5.41) is 23.7. The Labute approximate surface area is 239 Å². The molecule has 4 rings (SSSR count). The number of rotatable bonds is 8. The lowest BCUT2D eigenvalue weighted by Gasteiger charge is -2.13. The molecule has 0 spiro atoms. The first-order chi connectivity index (χ1) is 19.1. The molecule has 0 aliphatic rings. The Balaban J connectivity index is 0.000000336. The first kappa shape index (κ1) is 30.6. The van der Waals surface area contributed by atoms with E-state index in [-0.39, 0.29) is 30.7 Å². The molecule has 3 N–H and O–H groups in total. The summed E-state index contributed by atoms with van der Waals surface area (Å²) in [7, 11) is 0. The van der Waals surface area contributed by atoms with Gasteiger partial charge in [0, 0.05) is 18.2 Å². The van der Waals surface area contributed by atoms with Gasteiger partial charge in [-0.05, 0) is 86.8 Å². The minimum Gasteiger partial charge on any atom is -0.460 e. The maximum absolute atomic E-state index is 12.8. The van der Waals surface area contributed by atoms with Gasteiger partial charge in [0.25, 0.3) is 5.91 Å². The zero-order chi connectivity index (χ0) is 29.2. The van der Waals surface area contributed by atoms with Gasteiger partial charge >= 0.3 is 0 Å². The van der Waals surface area contributed by atoms with Crippen LogP contribution in [-0.4, -0.2) is 24.2 Å². The van der Waals surface area contributed by atoms with Gasteiger partial charge in [0.15, 0.2) is 0 Å². The lowest BCUT2D eigenvalue weighted by Crippen LogP contribution is -2.26. The SMILES string of the molecule is Cc1cc(F)c(C#N)cc1C.Cc1ccc(C(C)NCc2ccc(-c3ccc(Cl)c(C(=O)NCCO)c3)o2)cc1. The van der Waals surface area contributed by atoms with Crippen molar-refractivity contribution in [2.45, 2.75) is 40.3 Å². The molecule has 0 saturated heterocycles. The van der Waals surface area contributed by atoms with Gasteiger partial charge in [0.05, 0.1) is 29.3 Å². The van der Waals surface area contributed by atoms with E-state index in [9.17, 15) is 9.18 Å². The van der Waals surface area contributed by atoms with Gasteiger partial charge in [-0.15, -0.1) is 0 Å². The Hall–Kier alpha value is -3.96. The highest BCUT2D eigenvalue weighted by Gasteiger charge is 2.14. The molecule has 0 aliphatic heterocycles. The van der Waals surface area contributed by atoms with Gasteiger partial charge in [-0.1, -0.05) is 41.4 Å². The fourth-order valence-electron chi connectivity index (χ4n) is 3.84. The van der Waals surface area contributed by atoms with Gasteiger partial charge < -0.3 is 20.2 Å². The van der Waals surface area contributed by atoms with E-state index in [4.69, 9.17) is 26.4 Å². The number of benzene rings is 3. The van der Waals surface area contributed by atoms with Crippen LogP contribution in [-0.2, 0) is 6.54 Å². The predicted octanol–water partition coefficient (Wildman–Crippen LogP) is 6.80. The zero-order valence-electron chi connectivity index (χ0n) is 23.0. The molecule has 40 heavy (non-hydrogen) atoms. The number of amides is 1. The molecule has 1 heterocycles. The van der Waals surface area contributed by atoms with E-state index in [1.165, 1.54) is 17.2 Å². The van der Waals surface area contributed by atoms with E-state index in [2.05, 4.69) is 48.7 Å². The standard InChI is InChI=1S/C23H25ClN2O3.C9H8FN/c1-15-3-5-17(6-4-15)16(2)26-14-19-8-10-22(29-19)18-7-9-21(24)20(13-18)23(28)25-11-12-27;1-6-3-8(5-11)9(10)4-7(6)2/h3-10,13,16,26-27H,11-12,14H2,1-2H3,(H,25,28);3-4H,1-2H3. The minimum absolute atomic E-state index is 0.119. The van der Waals surface area contributed by atoms with Crippen molar-refractivity contribution in [1.82, 2.24) is 10.6 Å². The number of aryl methyl sites for hydroxylation is 3. The largest absolute Gasteiger partial charge is 0.460 e. The normalized spacial score (nSPS) is 11.2. The Morgan fingerprint density at radius 3 is 2.42 bits per heavy atom. The van der Waals surface area contributed by atoms with Gasteiger partial charge in [-0.25, -0.2) is 4.39 Å². The van der Waals surface area contributed by atoms with Crippen molar-refractivity contribution in [3.05, 3.63) is 117 Å². The molecule has 8 heteroatoms. The molecular formula is C32H33ClFN3O3. The first-order valence-electron chi connectivity index (χ1n) is 12.9. The summed E-state index contributed by atoms with van der Waals surface area (Å²) in [5.41, 5.74) is 5.52. The lowest BCUT2D eigenvalue weighted by atomic mass is 10.1. The van der Waals surface area contributed by atoms with Crippen LogP contribution in [0.5, 0.6) is 0 Å². The number of carbonyl (C=O) groups excluding carboxylic acids is 1. The number of nitriles is 1. The van der Waals surface area contributed by atoms with E-state index in [0.29, 0.717) is 22.9 Å². The summed E-state index contributed by atoms with van der Waals surface area (Å²) in [4.78, 5) is 12.2. The molecule has 3 aromatic carbocycles. The molecule has 6 nitrogen and oxygen atoms in total. The fourth-order valence-corrected chi connectivity index (χ4v) is 4.04. The van der Waals surface area contributed by atoms with Gasteiger partial charge in [0.1, 0.15) is 23.4 Å². The Morgan fingerprint density at radius 1 is 1.05 bits per heavy atom. The van der Waals surface area contributed by atoms with Crippen molar-refractivity contribution >= 4 is 17.5 Å². The van der Waals surface area contributed by atoms with Crippen molar-refractivity contribution in [2.24, 2.45) is 0 Å². The van der Waals surface area contributed by atoms with Crippen LogP contribution in [0.4, 0.5) is 4.39 Å². The Morgan fingerprint density at radius 2 is 1.75 bits per heavy atom. The molecule has 1 amide bonds. The topological polar surface area (TPSA) is 98.3 Å². The van der Waals surface area contributed by atoms with Crippen LogP contribution < -0.4 is 10.6 Å². The minimum atomic E-state index is -0.435. The van der Waals surface area contributed by atoms with Gasteiger partial charge in [0.2, 0.25) is 0 Å². The summed E-state index contributed by atoms with van der Waals surface area (Å²) >= 11 is 6.15. The Bertz CT molecular complexity index is 1490. The van der Waals surface area contributed by atoms with Crippen LogP contribution in [0.25, 0.3) is 11.3 Å². The quantitative estimate of drug-likeness (QED) is 0.220. The van der Waals surface area contributed by atoms with Crippen molar-refractivity contribution in [1.29, 1.82) is 5.26 Å². The second-order valence-corrected chi connectivity index (χ2v) is 9.89. The van der Waals surface area contributed by atoms with Crippen LogP contribution in [0.3, 0.4) is 0 Å². The molecule has 0 fully saturated rings.